The third-order valence-electron chi connectivity index (χ3n) is 6.28. The summed E-state index contributed by atoms with van der Waals surface area (Å²) in [6.07, 6.45) is 5.12. The van der Waals surface area contributed by atoms with Gasteiger partial charge in [0.1, 0.15) is 6.54 Å². The Kier molecular flexibility index (Phi) is 6.15. The van der Waals surface area contributed by atoms with E-state index in [0.29, 0.717) is 0 Å². The molecule has 1 aliphatic carbocycles. The summed E-state index contributed by atoms with van der Waals surface area (Å²) < 4.78 is 0. The van der Waals surface area contributed by atoms with Crippen molar-refractivity contribution in [3.8, 4) is 11.3 Å². The van der Waals surface area contributed by atoms with E-state index in [1.807, 2.05) is 0 Å². The van der Waals surface area contributed by atoms with Crippen LogP contribution in [0.1, 0.15) is 70.3 Å². The van der Waals surface area contributed by atoms with Crippen LogP contribution in [0.15, 0.2) is 29.1 Å². The highest BCUT2D eigenvalue weighted by Crippen LogP contribution is 2.44. The minimum atomic E-state index is -0.109. The first-order valence-electron chi connectivity index (χ1n) is 10.6. The first-order chi connectivity index (χ1) is 13.1. The van der Waals surface area contributed by atoms with Crippen LogP contribution in [0.2, 0.25) is 0 Å². The number of nitrogens with zero attached hydrogens (tertiary/aromatic N) is 1. The highest BCUT2D eigenvalue weighted by atomic mass is 16.1. The summed E-state index contributed by atoms with van der Waals surface area (Å²) in [5.41, 5.74) is 4.26. The molecule has 0 saturated carbocycles. The smallest absolute Gasteiger partial charge is 0.255 e. The predicted molar refractivity (Wildman–Crippen MR) is 111 cm³/mol. The highest BCUT2D eigenvalue weighted by molar-refractivity contribution is 5.71. The first kappa shape index (κ1) is 19.8. The lowest BCUT2D eigenvalue weighted by molar-refractivity contribution is -0.914. The van der Waals surface area contributed by atoms with Crippen LogP contribution < -0.4 is 10.5 Å². The molecule has 1 aromatic heterocycles. The Balaban J connectivity index is 2.12. The van der Waals surface area contributed by atoms with Crippen LogP contribution in [-0.4, -0.2) is 23.1 Å². The van der Waals surface area contributed by atoms with Gasteiger partial charge in [0.2, 0.25) is 0 Å². The molecule has 4 nitrogen and oxygen atoms in total. The molecule has 0 spiro atoms. The van der Waals surface area contributed by atoms with Crippen LogP contribution in [0.4, 0.5) is 0 Å². The molecule has 0 bridgehead atoms. The standard InChI is InChI=1S/C23H33N3O/c1-5-13-26(14-6-2)16-19-24-21-18-12-10-9-11-17(18)15-23(7-3,8-4)20(21)22(27)25-19/h9-12H,5-8,13-16H2,1-4H3,(H,24,25,27)/p+1. The Morgan fingerprint density at radius 1 is 1.07 bits per heavy atom. The number of nitrogens with one attached hydrogen (secondary N) is 2. The maximum Gasteiger partial charge on any atom is 0.255 e. The van der Waals surface area contributed by atoms with E-state index >= 15 is 0 Å². The molecule has 3 rings (SSSR count). The number of fused-ring (bicyclic) bond motifs is 3. The Morgan fingerprint density at radius 3 is 2.37 bits per heavy atom. The van der Waals surface area contributed by atoms with E-state index in [0.717, 1.165) is 74.4 Å². The molecule has 0 radical (unpaired) electrons. The molecule has 2 N–H and O–H groups in total. The zero-order valence-electron chi connectivity index (χ0n) is 17.3. The predicted octanol–water partition coefficient (Wildman–Crippen LogP) is 3.26. The Bertz CT molecular complexity index is 830. The topological polar surface area (TPSA) is 50.2 Å². The Hall–Kier alpha value is -1.94. The van der Waals surface area contributed by atoms with Gasteiger partial charge in [-0.2, -0.15) is 0 Å². The molecule has 0 saturated heterocycles. The molecule has 0 aliphatic heterocycles. The van der Waals surface area contributed by atoms with Gasteiger partial charge in [0.15, 0.2) is 5.82 Å². The molecule has 0 unspecified atom stereocenters. The molecular weight excluding hydrogens is 334 g/mol. The van der Waals surface area contributed by atoms with Gasteiger partial charge >= 0.3 is 0 Å². The number of aromatic nitrogens is 2. The van der Waals surface area contributed by atoms with Crippen LogP contribution >= 0.6 is 0 Å². The number of rotatable bonds is 8. The largest absolute Gasteiger partial charge is 0.329 e. The van der Waals surface area contributed by atoms with Crippen molar-refractivity contribution in [1.82, 2.24) is 9.97 Å². The number of quaternary nitrogens is 1. The third kappa shape index (κ3) is 3.73. The minimum absolute atomic E-state index is 0.0700. The van der Waals surface area contributed by atoms with E-state index in [1.165, 1.54) is 10.5 Å². The lowest BCUT2D eigenvalue weighted by Gasteiger charge is -2.37. The fraction of sp³-hybridized carbons (Fsp3) is 0.565. The summed E-state index contributed by atoms with van der Waals surface area (Å²) >= 11 is 0. The average Bonchev–Trinajstić information content (AvgIpc) is 2.67. The van der Waals surface area contributed by atoms with Crippen LogP contribution in [0.3, 0.4) is 0 Å². The van der Waals surface area contributed by atoms with Crippen molar-refractivity contribution in [3.63, 3.8) is 0 Å². The van der Waals surface area contributed by atoms with Crippen molar-refractivity contribution in [2.24, 2.45) is 0 Å². The summed E-state index contributed by atoms with van der Waals surface area (Å²) in [5, 5.41) is 0. The molecule has 0 amide bonds. The highest BCUT2D eigenvalue weighted by Gasteiger charge is 2.39. The maximum atomic E-state index is 13.2. The third-order valence-corrected chi connectivity index (χ3v) is 6.28. The van der Waals surface area contributed by atoms with Crippen molar-refractivity contribution in [2.45, 2.75) is 71.8 Å². The first-order valence-corrected chi connectivity index (χ1v) is 10.6. The number of hydrogen-bond donors (Lipinski definition) is 2. The van der Waals surface area contributed by atoms with Crippen LogP contribution in [-0.2, 0) is 18.4 Å². The van der Waals surface area contributed by atoms with Gasteiger partial charge in [-0.05, 0) is 37.7 Å². The van der Waals surface area contributed by atoms with E-state index in [9.17, 15) is 4.79 Å². The zero-order valence-corrected chi connectivity index (χ0v) is 17.3. The summed E-state index contributed by atoms with van der Waals surface area (Å²) in [4.78, 5) is 22.9. The second-order valence-electron chi connectivity index (χ2n) is 7.98. The lowest BCUT2D eigenvalue weighted by Crippen LogP contribution is -3.10. The van der Waals surface area contributed by atoms with Gasteiger partial charge in [-0.15, -0.1) is 0 Å². The fourth-order valence-electron chi connectivity index (χ4n) is 4.75. The molecule has 1 aliphatic rings. The van der Waals surface area contributed by atoms with Crippen molar-refractivity contribution < 1.29 is 4.90 Å². The van der Waals surface area contributed by atoms with Gasteiger partial charge in [-0.1, -0.05) is 52.0 Å². The normalized spacial score (nSPS) is 14.9. The van der Waals surface area contributed by atoms with Crippen molar-refractivity contribution >= 4 is 0 Å². The zero-order chi connectivity index (χ0) is 19.4. The number of H-pyrrole nitrogens is 1. The molecule has 2 aromatic rings. The van der Waals surface area contributed by atoms with Crippen molar-refractivity contribution in [3.05, 3.63) is 51.6 Å². The summed E-state index contributed by atoms with van der Waals surface area (Å²) in [5.74, 6) is 0.827. The monoisotopic (exact) mass is 368 g/mol. The van der Waals surface area contributed by atoms with Crippen LogP contribution in [0.5, 0.6) is 0 Å². The summed E-state index contributed by atoms with van der Waals surface area (Å²) in [6.45, 7) is 11.8. The van der Waals surface area contributed by atoms with E-state index in [-0.39, 0.29) is 11.0 Å². The van der Waals surface area contributed by atoms with Gasteiger partial charge in [-0.25, -0.2) is 4.98 Å². The second-order valence-corrected chi connectivity index (χ2v) is 7.98. The fourth-order valence-corrected chi connectivity index (χ4v) is 4.75. The van der Waals surface area contributed by atoms with E-state index < -0.39 is 0 Å². The number of benzene rings is 1. The number of hydrogen-bond acceptors (Lipinski definition) is 2. The summed E-state index contributed by atoms with van der Waals surface area (Å²) in [7, 11) is 0. The van der Waals surface area contributed by atoms with Crippen molar-refractivity contribution in [2.75, 3.05) is 13.1 Å². The quantitative estimate of drug-likeness (QED) is 0.751. The second kappa shape index (κ2) is 8.39. The van der Waals surface area contributed by atoms with E-state index in [2.05, 4.69) is 56.9 Å². The van der Waals surface area contributed by atoms with Gasteiger partial charge in [0.05, 0.1) is 24.3 Å². The average molecular weight is 369 g/mol. The van der Waals surface area contributed by atoms with Crippen LogP contribution in [0.25, 0.3) is 11.3 Å². The molecule has 146 valence electrons. The lowest BCUT2D eigenvalue weighted by atomic mass is 9.66. The van der Waals surface area contributed by atoms with Crippen LogP contribution in [0, 0.1) is 0 Å². The van der Waals surface area contributed by atoms with Crippen molar-refractivity contribution in [1.29, 1.82) is 0 Å². The van der Waals surface area contributed by atoms with Gasteiger partial charge in [0, 0.05) is 11.0 Å². The minimum Gasteiger partial charge on any atom is -0.329 e. The van der Waals surface area contributed by atoms with E-state index in [4.69, 9.17) is 4.98 Å². The van der Waals surface area contributed by atoms with Gasteiger partial charge in [0.25, 0.3) is 5.56 Å². The maximum absolute atomic E-state index is 13.2. The summed E-state index contributed by atoms with van der Waals surface area (Å²) in [6, 6.07) is 8.49. The number of aromatic amines is 1. The molecule has 4 heteroatoms. The molecule has 1 heterocycles. The Labute approximate surface area is 163 Å². The molecular formula is C23H34N3O+. The molecule has 1 aromatic carbocycles. The Morgan fingerprint density at radius 2 is 1.74 bits per heavy atom. The van der Waals surface area contributed by atoms with E-state index in [1.54, 1.807) is 0 Å². The molecule has 27 heavy (non-hydrogen) atoms. The van der Waals surface area contributed by atoms with Gasteiger partial charge < -0.3 is 9.88 Å². The molecule has 0 fully saturated rings. The molecule has 0 atom stereocenters. The van der Waals surface area contributed by atoms with Gasteiger partial charge in [-0.3, -0.25) is 4.79 Å². The SMILES string of the molecule is CCC[NH+](CCC)Cc1nc2c(c(=O)[nH]1)C(CC)(CC)Cc1ccccc1-2.